The van der Waals surface area contributed by atoms with Crippen molar-refractivity contribution in [3.63, 3.8) is 0 Å². The van der Waals surface area contributed by atoms with Crippen LogP contribution in [-0.4, -0.2) is 15.0 Å². The van der Waals surface area contributed by atoms with Crippen LogP contribution in [-0.2, 0) is 6.42 Å². The van der Waals surface area contributed by atoms with Crippen LogP contribution in [0.4, 0.5) is 0 Å². The summed E-state index contributed by atoms with van der Waals surface area (Å²) in [7, 11) is 0. The Hall–Kier alpha value is -6.45. The molecule has 246 valence electrons. The molecule has 0 saturated heterocycles. The second-order valence-electron chi connectivity index (χ2n) is 13.9. The monoisotopic (exact) mass is 665 g/mol. The zero-order valence-corrected chi connectivity index (χ0v) is 28.7. The van der Waals surface area contributed by atoms with Gasteiger partial charge in [0.1, 0.15) is 0 Å². The summed E-state index contributed by atoms with van der Waals surface area (Å²) in [5, 5.41) is 2.68. The van der Waals surface area contributed by atoms with E-state index in [1.165, 1.54) is 60.9 Å². The molecule has 1 unspecified atom stereocenters. The quantitative estimate of drug-likeness (QED) is 0.177. The fraction of sp³-hybridized carbons (Fsp3) is 0.0816. The van der Waals surface area contributed by atoms with Gasteiger partial charge in [-0.15, -0.1) is 0 Å². The van der Waals surface area contributed by atoms with Gasteiger partial charge in [0.2, 0.25) is 0 Å². The van der Waals surface area contributed by atoms with Crippen LogP contribution in [0, 0.1) is 0 Å². The SMILES string of the molecule is C1=CCC(c2nc(-c3ccccc3)nc(-c3cccc(-c4cccc5c4Cc4c-5cc(C5=CC=CC(c6ccccc6)C5)c5ccccc45)c3)n2)=C1. The van der Waals surface area contributed by atoms with Gasteiger partial charge in [-0.2, -0.15) is 0 Å². The van der Waals surface area contributed by atoms with E-state index in [0.29, 0.717) is 17.6 Å². The largest absolute Gasteiger partial charge is 0.209 e. The minimum Gasteiger partial charge on any atom is -0.209 e. The van der Waals surface area contributed by atoms with Crippen LogP contribution in [0.25, 0.3) is 66.9 Å². The van der Waals surface area contributed by atoms with E-state index in [2.05, 4.69) is 152 Å². The Bertz CT molecular complexity index is 2640. The third-order valence-corrected chi connectivity index (χ3v) is 10.8. The Labute approximate surface area is 304 Å². The lowest BCUT2D eigenvalue weighted by Gasteiger charge is -2.21. The molecule has 3 heteroatoms. The first-order valence-electron chi connectivity index (χ1n) is 18.1. The number of rotatable bonds is 6. The molecular weight excluding hydrogens is 631 g/mol. The van der Waals surface area contributed by atoms with Crippen molar-refractivity contribution < 1.29 is 0 Å². The Morgan fingerprint density at radius 1 is 0.462 bits per heavy atom. The van der Waals surface area contributed by atoms with Crippen LogP contribution in [0.1, 0.15) is 46.8 Å². The number of fused-ring (bicyclic) bond motifs is 5. The van der Waals surface area contributed by atoms with Gasteiger partial charge in [0.25, 0.3) is 0 Å². The summed E-state index contributed by atoms with van der Waals surface area (Å²) in [5.74, 6) is 2.48. The maximum Gasteiger partial charge on any atom is 0.164 e. The van der Waals surface area contributed by atoms with Gasteiger partial charge in [0.15, 0.2) is 17.5 Å². The van der Waals surface area contributed by atoms with Gasteiger partial charge in [-0.05, 0) is 92.2 Å². The number of hydrogen-bond donors (Lipinski definition) is 0. The molecule has 0 radical (unpaired) electrons. The Morgan fingerprint density at radius 2 is 1.13 bits per heavy atom. The average molecular weight is 666 g/mol. The summed E-state index contributed by atoms with van der Waals surface area (Å²) in [6, 6.07) is 48.1. The molecule has 3 nitrogen and oxygen atoms in total. The molecule has 1 atom stereocenters. The number of hydrogen-bond acceptors (Lipinski definition) is 3. The summed E-state index contributed by atoms with van der Waals surface area (Å²) in [4.78, 5) is 14.9. The summed E-state index contributed by atoms with van der Waals surface area (Å²) in [6.45, 7) is 0. The first-order chi connectivity index (χ1) is 25.8. The molecule has 10 rings (SSSR count). The number of allylic oxidation sites excluding steroid dienone is 8. The molecule has 0 spiro atoms. The van der Waals surface area contributed by atoms with Crippen LogP contribution in [0.5, 0.6) is 0 Å². The van der Waals surface area contributed by atoms with Crippen molar-refractivity contribution in [1.82, 2.24) is 15.0 Å². The Kier molecular flexibility index (Phi) is 7.42. The summed E-state index contributed by atoms with van der Waals surface area (Å²) >= 11 is 0. The van der Waals surface area contributed by atoms with Crippen LogP contribution < -0.4 is 0 Å². The second-order valence-corrected chi connectivity index (χ2v) is 13.9. The van der Waals surface area contributed by atoms with Crippen molar-refractivity contribution in [3.05, 3.63) is 198 Å². The van der Waals surface area contributed by atoms with E-state index >= 15 is 0 Å². The van der Waals surface area contributed by atoms with Crippen molar-refractivity contribution in [1.29, 1.82) is 0 Å². The first kappa shape index (κ1) is 30.4. The predicted molar refractivity (Wildman–Crippen MR) is 215 cm³/mol. The molecule has 3 aliphatic carbocycles. The Balaban J connectivity index is 1.06. The summed E-state index contributed by atoms with van der Waals surface area (Å²) in [6.07, 6.45) is 15.9. The smallest absolute Gasteiger partial charge is 0.164 e. The van der Waals surface area contributed by atoms with Gasteiger partial charge in [0, 0.05) is 22.6 Å². The number of nitrogens with zero attached hydrogens (tertiary/aromatic N) is 3. The number of aromatic nitrogens is 3. The molecule has 0 bridgehead atoms. The van der Waals surface area contributed by atoms with Crippen LogP contribution >= 0.6 is 0 Å². The van der Waals surface area contributed by atoms with Crippen molar-refractivity contribution in [3.8, 4) is 45.0 Å². The standard InChI is InChI=1S/C49H35N3/c1-3-14-32(15-4-1)35-20-11-22-37(28-35)43-30-45-42-27-13-26-39(44(42)31-46(45)41-25-10-9-24-40(41)43)36-21-12-23-38(29-36)49-51-47(33-16-5-2-6-17-33)50-48(52-49)34-18-7-8-19-34/h1-18,20-27,29-30,35H,19,28,31H2. The predicted octanol–water partition coefficient (Wildman–Crippen LogP) is 12.1. The zero-order valence-electron chi connectivity index (χ0n) is 28.7. The van der Waals surface area contributed by atoms with Crippen molar-refractivity contribution >= 4 is 21.9 Å². The summed E-state index contributed by atoms with van der Waals surface area (Å²) in [5.41, 5.74) is 15.1. The molecule has 7 aromatic rings. The van der Waals surface area contributed by atoms with E-state index in [0.717, 1.165) is 41.8 Å². The van der Waals surface area contributed by atoms with Crippen molar-refractivity contribution in [2.45, 2.75) is 25.2 Å². The molecule has 1 heterocycles. The van der Waals surface area contributed by atoms with Gasteiger partial charge in [-0.25, -0.2) is 15.0 Å². The third kappa shape index (κ3) is 5.34. The highest BCUT2D eigenvalue weighted by molar-refractivity contribution is 6.03. The number of benzene rings is 6. The lowest BCUT2D eigenvalue weighted by atomic mass is 9.83. The van der Waals surface area contributed by atoms with Gasteiger partial charge in [-0.1, -0.05) is 158 Å². The van der Waals surface area contributed by atoms with Gasteiger partial charge in [-0.3, -0.25) is 0 Å². The van der Waals surface area contributed by atoms with Crippen LogP contribution in [0.3, 0.4) is 0 Å². The highest BCUT2D eigenvalue weighted by Gasteiger charge is 2.27. The highest BCUT2D eigenvalue weighted by Crippen LogP contribution is 2.48. The molecule has 0 aliphatic heterocycles. The molecule has 6 aromatic carbocycles. The maximum atomic E-state index is 5.02. The van der Waals surface area contributed by atoms with E-state index in [4.69, 9.17) is 15.0 Å². The van der Waals surface area contributed by atoms with E-state index in [-0.39, 0.29) is 0 Å². The fourth-order valence-corrected chi connectivity index (χ4v) is 8.22. The van der Waals surface area contributed by atoms with Crippen molar-refractivity contribution in [2.24, 2.45) is 0 Å². The first-order valence-corrected chi connectivity index (χ1v) is 18.1. The van der Waals surface area contributed by atoms with Crippen LogP contribution in [0.15, 0.2) is 170 Å². The second kappa shape index (κ2) is 12.7. The summed E-state index contributed by atoms with van der Waals surface area (Å²) < 4.78 is 0. The van der Waals surface area contributed by atoms with E-state index < -0.39 is 0 Å². The lowest BCUT2D eigenvalue weighted by molar-refractivity contribution is 0.868. The minimum absolute atomic E-state index is 0.371. The molecule has 0 N–H and O–H groups in total. The van der Waals surface area contributed by atoms with Crippen molar-refractivity contribution in [2.75, 3.05) is 0 Å². The molecular formula is C49H35N3. The molecule has 0 fully saturated rings. The average Bonchev–Trinajstić information content (AvgIpc) is 3.91. The maximum absolute atomic E-state index is 5.02. The fourth-order valence-electron chi connectivity index (χ4n) is 8.22. The highest BCUT2D eigenvalue weighted by atomic mass is 15.0. The third-order valence-electron chi connectivity index (χ3n) is 10.8. The van der Waals surface area contributed by atoms with Gasteiger partial charge < -0.3 is 0 Å². The van der Waals surface area contributed by atoms with E-state index in [1.807, 2.05) is 18.2 Å². The topological polar surface area (TPSA) is 38.7 Å². The normalized spacial score (nSPS) is 15.7. The van der Waals surface area contributed by atoms with Gasteiger partial charge >= 0.3 is 0 Å². The van der Waals surface area contributed by atoms with E-state index in [9.17, 15) is 0 Å². The van der Waals surface area contributed by atoms with Crippen LogP contribution in [0.2, 0.25) is 0 Å². The minimum atomic E-state index is 0.371. The Morgan fingerprint density at radius 3 is 1.96 bits per heavy atom. The zero-order chi connectivity index (χ0) is 34.4. The van der Waals surface area contributed by atoms with E-state index in [1.54, 1.807) is 0 Å². The molecule has 3 aliphatic rings. The molecule has 0 saturated carbocycles. The van der Waals surface area contributed by atoms with Gasteiger partial charge in [0.05, 0.1) is 0 Å². The molecule has 1 aromatic heterocycles. The molecule has 52 heavy (non-hydrogen) atoms. The molecule has 0 amide bonds. The lowest BCUT2D eigenvalue weighted by Crippen LogP contribution is -2.02.